The Hall–Kier alpha value is 0.01000. The molecule has 1 fully saturated rings. The molecule has 1 aliphatic heterocycles. The minimum absolute atomic E-state index is 0.284. The molecule has 0 radical (unpaired) electrons. The Morgan fingerprint density at radius 2 is 2.15 bits per heavy atom. The van der Waals surface area contributed by atoms with Crippen LogP contribution in [-0.2, 0) is 9.53 Å². The topological polar surface area (TPSA) is 29.5 Å². The van der Waals surface area contributed by atoms with E-state index >= 15 is 0 Å². The van der Waals surface area contributed by atoms with Gasteiger partial charge in [0.2, 0.25) is 0 Å². The number of halogens is 2. The molecule has 0 saturated carbocycles. The van der Waals surface area contributed by atoms with Crippen LogP contribution in [0.4, 0.5) is 0 Å². The van der Waals surface area contributed by atoms with Crippen LogP contribution in [-0.4, -0.2) is 34.5 Å². The molecule has 5 heteroatoms. The predicted molar refractivity (Wildman–Crippen MR) is 51.9 cm³/mol. The van der Waals surface area contributed by atoms with Crippen LogP contribution in [0.3, 0.4) is 0 Å². The lowest BCUT2D eigenvalue weighted by molar-refractivity contribution is -0.179. The monoisotopic (exact) mass is 225 g/mol. The highest BCUT2D eigenvalue weighted by atomic mass is 35.5. The van der Waals surface area contributed by atoms with Crippen LogP contribution in [0, 0.1) is 0 Å². The maximum absolute atomic E-state index is 11.5. The summed E-state index contributed by atoms with van der Waals surface area (Å²) in [5, 5.41) is 0. The van der Waals surface area contributed by atoms with Crippen LogP contribution in [0.5, 0.6) is 0 Å². The number of amides is 1. The van der Waals surface area contributed by atoms with Gasteiger partial charge in [-0.3, -0.25) is 4.79 Å². The molecule has 0 aliphatic carbocycles. The van der Waals surface area contributed by atoms with E-state index in [1.807, 2.05) is 13.8 Å². The average molecular weight is 226 g/mol. The van der Waals surface area contributed by atoms with Crippen molar-refractivity contribution in [3.8, 4) is 0 Å². The fraction of sp³-hybridized carbons (Fsp3) is 0.875. The molecular weight excluding hydrogens is 213 g/mol. The molecular formula is C8H13Cl2NO2. The van der Waals surface area contributed by atoms with Crippen LogP contribution >= 0.6 is 23.2 Å². The van der Waals surface area contributed by atoms with Crippen molar-refractivity contribution in [1.82, 2.24) is 4.90 Å². The summed E-state index contributed by atoms with van der Waals surface area (Å²) in [5.41, 5.74) is -0.586. The molecule has 1 heterocycles. The summed E-state index contributed by atoms with van der Waals surface area (Å²) in [7, 11) is 0. The van der Waals surface area contributed by atoms with Crippen LogP contribution < -0.4 is 0 Å². The zero-order valence-corrected chi connectivity index (χ0v) is 9.23. The second-order valence-corrected chi connectivity index (χ2v) is 4.54. The maximum atomic E-state index is 11.5. The summed E-state index contributed by atoms with van der Waals surface area (Å²) in [4.78, 5) is 12.1. The van der Waals surface area contributed by atoms with E-state index in [4.69, 9.17) is 27.9 Å². The Kier molecular flexibility index (Phi) is 3.44. The van der Waals surface area contributed by atoms with Gasteiger partial charge in [-0.1, -0.05) is 23.2 Å². The lowest BCUT2D eigenvalue weighted by Gasteiger charge is -2.42. The Labute approximate surface area is 87.9 Å². The molecule has 3 nitrogen and oxygen atoms in total. The Morgan fingerprint density at radius 3 is 2.62 bits per heavy atom. The number of nitrogens with zero attached hydrogens (tertiary/aromatic N) is 1. The molecule has 1 rings (SSSR count). The summed E-state index contributed by atoms with van der Waals surface area (Å²) in [6, 6.07) is 0. The molecule has 0 N–H and O–H groups in total. The van der Waals surface area contributed by atoms with E-state index in [-0.39, 0.29) is 5.91 Å². The molecule has 1 saturated heterocycles. The van der Waals surface area contributed by atoms with Crippen molar-refractivity contribution in [2.45, 2.75) is 30.8 Å². The quantitative estimate of drug-likeness (QED) is 0.638. The third-order valence-electron chi connectivity index (χ3n) is 2.08. The summed E-state index contributed by atoms with van der Waals surface area (Å²) in [6.07, 6.45) is 0.829. The molecule has 76 valence electrons. The molecule has 13 heavy (non-hydrogen) atoms. The van der Waals surface area contributed by atoms with Crippen LogP contribution in [0.25, 0.3) is 0 Å². The smallest absolute Gasteiger partial charge is 0.258 e. The number of carbonyl (C=O) groups is 1. The first-order valence-electron chi connectivity index (χ1n) is 4.19. The van der Waals surface area contributed by atoms with Gasteiger partial charge in [0.15, 0.2) is 4.84 Å². The summed E-state index contributed by atoms with van der Waals surface area (Å²) >= 11 is 11.0. The number of hydrogen-bond acceptors (Lipinski definition) is 2. The van der Waals surface area contributed by atoms with Crippen molar-refractivity contribution >= 4 is 29.1 Å². The first-order chi connectivity index (χ1) is 5.95. The van der Waals surface area contributed by atoms with E-state index in [9.17, 15) is 4.79 Å². The van der Waals surface area contributed by atoms with Crippen LogP contribution in [0.1, 0.15) is 20.3 Å². The molecule has 1 amide bonds. The van der Waals surface area contributed by atoms with E-state index in [1.54, 1.807) is 4.90 Å². The Morgan fingerprint density at radius 1 is 1.54 bits per heavy atom. The SMILES string of the molecule is CC1(C)OCCCN1C(=O)C(Cl)Cl. The Balaban J connectivity index is 2.71. The zero-order chi connectivity index (χ0) is 10.1. The van der Waals surface area contributed by atoms with Gasteiger partial charge in [0, 0.05) is 6.54 Å². The average Bonchev–Trinajstić information content (AvgIpc) is 2.02. The van der Waals surface area contributed by atoms with E-state index in [2.05, 4.69) is 0 Å². The summed E-state index contributed by atoms with van der Waals surface area (Å²) < 4.78 is 5.44. The normalized spacial score (nSPS) is 22.1. The lowest BCUT2D eigenvalue weighted by Crippen LogP contribution is -2.54. The molecule has 0 bridgehead atoms. The fourth-order valence-electron chi connectivity index (χ4n) is 1.39. The molecule has 0 atom stereocenters. The number of carbonyl (C=O) groups excluding carboxylic acids is 1. The van der Waals surface area contributed by atoms with Gasteiger partial charge in [0.25, 0.3) is 5.91 Å². The molecule has 0 aromatic carbocycles. The Bertz CT molecular complexity index is 206. The lowest BCUT2D eigenvalue weighted by atomic mass is 10.2. The van der Waals surface area contributed by atoms with Gasteiger partial charge in [-0.25, -0.2) is 0 Å². The fourth-order valence-corrected chi connectivity index (χ4v) is 1.62. The molecule has 0 unspecified atom stereocenters. The van der Waals surface area contributed by atoms with Crippen molar-refractivity contribution in [1.29, 1.82) is 0 Å². The summed E-state index contributed by atoms with van der Waals surface area (Å²) in [5.74, 6) is -0.284. The highest BCUT2D eigenvalue weighted by Gasteiger charge is 2.36. The molecule has 0 spiro atoms. The van der Waals surface area contributed by atoms with Gasteiger partial charge < -0.3 is 9.64 Å². The standard InChI is InChI=1S/C8H13Cl2NO2/c1-8(2)11(4-3-5-13-8)7(12)6(9)10/h6H,3-5H2,1-2H3. The third-order valence-corrected chi connectivity index (χ3v) is 2.46. The van der Waals surface area contributed by atoms with Crippen LogP contribution in [0.15, 0.2) is 0 Å². The van der Waals surface area contributed by atoms with Crippen LogP contribution in [0.2, 0.25) is 0 Å². The minimum Gasteiger partial charge on any atom is -0.356 e. The van der Waals surface area contributed by atoms with Gasteiger partial charge in [-0.2, -0.15) is 0 Å². The van der Waals surface area contributed by atoms with Crippen molar-refractivity contribution in [3.63, 3.8) is 0 Å². The van der Waals surface area contributed by atoms with Crippen molar-refractivity contribution in [2.75, 3.05) is 13.2 Å². The third kappa shape index (κ3) is 2.48. The highest BCUT2D eigenvalue weighted by Crippen LogP contribution is 2.24. The minimum atomic E-state index is -0.999. The van der Waals surface area contributed by atoms with Gasteiger partial charge >= 0.3 is 0 Å². The van der Waals surface area contributed by atoms with Crippen molar-refractivity contribution < 1.29 is 9.53 Å². The number of alkyl halides is 2. The maximum Gasteiger partial charge on any atom is 0.258 e. The number of ether oxygens (including phenoxy) is 1. The van der Waals surface area contributed by atoms with Crippen molar-refractivity contribution in [3.05, 3.63) is 0 Å². The first kappa shape index (κ1) is 11.1. The molecule has 0 aromatic heterocycles. The van der Waals surface area contributed by atoms with Crippen molar-refractivity contribution in [2.24, 2.45) is 0 Å². The summed E-state index contributed by atoms with van der Waals surface area (Å²) in [6.45, 7) is 4.99. The van der Waals surface area contributed by atoms with Gasteiger partial charge in [-0.05, 0) is 20.3 Å². The zero-order valence-electron chi connectivity index (χ0n) is 7.72. The van der Waals surface area contributed by atoms with E-state index in [0.29, 0.717) is 13.2 Å². The van der Waals surface area contributed by atoms with Gasteiger partial charge in [0.1, 0.15) is 5.72 Å². The van der Waals surface area contributed by atoms with E-state index in [0.717, 1.165) is 6.42 Å². The first-order valence-corrected chi connectivity index (χ1v) is 5.06. The van der Waals surface area contributed by atoms with Gasteiger partial charge in [0.05, 0.1) is 6.61 Å². The number of hydrogen-bond donors (Lipinski definition) is 0. The number of rotatable bonds is 1. The second-order valence-electron chi connectivity index (χ2n) is 3.44. The molecule has 1 aliphatic rings. The van der Waals surface area contributed by atoms with E-state index < -0.39 is 10.6 Å². The highest BCUT2D eigenvalue weighted by molar-refractivity contribution is 6.53. The largest absolute Gasteiger partial charge is 0.356 e. The van der Waals surface area contributed by atoms with E-state index in [1.165, 1.54) is 0 Å². The second kappa shape index (κ2) is 4.03. The predicted octanol–water partition coefficient (Wildman–Crippen LogP) is 1.78. The molecule has 0 aromatic rings. The van der Waals surface area contributed by atoms with Gasteiger partial charge in [-0.15, -0.1) is 0 Å².